The molecular weight excluding hydrogens is 534 g/mol. The standard InChI is InChI=1S/C25H33BrF2N6O2/c1-17-16-24(26,21(36)31-29)32-25(30-17,34-14-10-23(27,28)11-15-34)20(35)18-4-2-3-5-19(18)33-12-8-22(6-7-22)9-13-33/h2-5,16,30,32H,6-15,29H2,1H3,(H,31,36). The Labute approximate surface area is 218 Å². The number of amides is 1. The van der Waals surface area contributed by atoms with Crippen LogP contribution < -0.4 is 26.8 Å². The first-order valence-corrected chi connectivity index (χ1v) is 13.3. The molecule has 2 atom stereocenters. The van der Waals surface area contributed by atoms with E-state index in [1.165, 1.54) is 12.8 Å². The van der Waals surface area contributed by atoms with Crippen LogP contribution in [0.3, 0.4) is 0 Å². The lowest BCUT2D eigenvalue weighted by Crippen LogP contribution is -2.79. The van der Waals surface area contributed by atoms with Crippen molar-refractivity contribution in [2.24, 2.45) is 11.3 Å². The van der Waals surface area contributed by atoms with Gasteiger partial charge in [-0.1, -0.05) is 28.1 Å². The van der Waals surface area contributed by atoms with E-state index in [4.69, 9.17) is 5.84 Å². The molecule has 3 aliphatic heterocycles. The van der Waals surface area contributed by atoms with Gasteiger partial charge in [0.2, 0.25) is 11.6 Å². The highest BCUT2D eigenvalue weighted by Gasteiger charge is 2.56. The molecule has 36 heavy (non-hydrogen) atoms. The molecule has 1 aromatic rings. The van der Waals surface area contributed by atoms with Crippen LogP contribution in [-0.4, -0.2) is 58.9 Å². The molecule has 5 rings (SSSR count). The summed E-state index contributed by atoms with van der Waals surface area (Å²) >= 11 is 3.43. The van der Waals surface area contributed by atoms with Gasteiger partial charge in [-0.15, -0.1) is 0 Å². The molecule has 2 saturated heterocycles. The summed E-state index contributed by atoms with van der Waals surface area (Å²) in [4.78, 5) is 31.2. The first-order valence-electron chi connectivity index (χ1n) is 12.5. The molecule has 1 spiro atoms. The number of hydrazine groups is 1. The van der Waals surface area contributed by atoms with E-state index in [0.29, 0.717) is 16.7 Å². The second kappa shape index (κ2) is 9.04. The minimum Gasteiger partial charge on any atom is -0.371 e. The van der Waals surface area contributed by atoms with E-state index in [9.17, 15) is 18.4 Å². The van der Waals surface area contributed by atoms with Gasteiger partial charge in [0, 0.05) is 56.0 Å². The summed E-state index contributed by atoms with van der Waals surface area (Å²) in [6, 6.07) is 7.43. The molecule has 4 aliphatic rings. The summed E-state index contributed by atoms with van der Waals surface area (Å²) in [5.41, 5.74) is 4.43. The number of Topliss-reactive ketones (excluding diaryl/α,β-unsaturated/α-hetero) is 1. The summed E-state index contributed by atoms with van der Waals surface area (Å²) in [5.74, 6) is 0.0575. The van der Waals surface area contributed by atoms with Gasteiger partial charge in [0.05, 0.1) is 0 Å². The third kappa shape index (κ3) is 4.55. The quantitative estimate of drug-likeness (QED) is 0.108. The van der Waals surface area contributed by atoms with Crippen LogP contribution in [0.2, 0.25) is 0 Å². The number of hydrogen-bond donors (Lipinski definition) is 4. The lowest BCUT2D eigenvalue weighted by Gasteiger charge is -2.52. The van der Waals surface area contributed by atoms with Crippen LogP contribution in [0.4, 0.5) is 14.5 Å². The van der Waals surface area contributed by atoms with Crippen LogP contribution in [0.25, 0.3) is 0 Å². The second-order valence-electron chi connectivity index (χ2n) is 10.6. The van der Waals surface area contributed by atoms with E-state index in [1.54, 1.807) is 30.0 Å². The third-order valence-corrected chi connectivity index (χ3v) is 8.97. The van der Waals surface area contributed by atoms with Crippen molar-refractivity contribution in [3.05, 3.63) is 41.6 Å². The van der Waals surface area contributed by atoms with Crippen LogP contribution in [0.1, 0.15) is 55.8 Å². The van der Waals surface area contributed by atoms with E-state index in [1.807, 2.05) is 12.1 Å². The average Bonchev–Trinajstić information content (AvgIpc) is 3.61. The lowest BCUT2D eigenvalue weighted by atomic mass is 9.91. The maximum Gasteiger partial charge on any atom is 0.269 e. The van der Waals surface area contributed by atoms with Crippen molar-refractivity contribution in [3.63, 3.8) is 0 Å². The van der Waals surface area contributed by atoms with Crippen molar-refractivity contribution < 1.29 is 18.4 Å². The number of nitrogens with zero attached hydrogens (tertiary/aromatic N) is 2. The molecule has 3 heterocycles. The molecule has 2 unspecified atom stereocenters. The Morgan fingerprint density at radius 1 is 1.03 bits per heavy atom. The minimum absolute atomic E-state index is 0.0340. The maximum absolute atomic E-state index is 14.5. The topological polar surface area (TPSA) is 103 Å². The van der Waals surface area contributed by atoms with Crippen molar-refractivity contribution in [1.29, 1.82) is 0 Å². The highest BCUT2D eigenvalue weighted by atomic mass is 79.9. The molecule has 1 saturated carbocycles. The highest BCUT2D eigenvalue weighted by Crippen LogP contribution is 2.54. The Kier molecular flexibility index (Phi) is 6.42. The normalized spacial score (nSPS) is 31.4. The summed E-state index contributed by atoms with van der Waals surface area (Å²) in [6.07, 6.45) is 5.55. The molecule has 5 N–H and O–H groups in total. The molecule has 0 bridgehead atoms. The smallest absolute Gasteiger partial charge is 0.269 e. The first kappa shape index (κ1) is 25.6. The SMILES string of the molecule is CC1=CC(Br)(C(=O)NN)NC(C(=O)c2ccccc2N2CCC3(CC2)CC3)(N2CCC(F)(F)CC2)N1. The van der Waals surface area contributed by atoms with E-state index < -0.39 is 22.1 Å². The van der Waals surface area contributed by atoms with Crippen LogP contribution in [-0.2, 0) is 4.79 Å². The number of hydrogen-bond acceptors (Lipinski definition) is 7. The number of ketones is 1. The minimum atomic E-state index is -2.80. The second-order valence-corrected chi connectivity index (χ2v) is 11.9. The van der Waals surface area contributed by atoms with Gasteiger partial charge in [0.25, 0.3) is 11.8 Å². The van der Waals surface area contributed by atoms with Crippen LogP contribution in [0, 0.1) is 5.41 Å². The van der Waals surface area contributed by atoms with Crippen molar-refractivity contribution >= 4 is 33.3 Å². The molecule has 8 nitrogen and oxygen atoms in total. The molecule has 0 aromatic heterocycles. The molecule has 196 valence electrons. The molecule has 1 amide bonds. The lowest BCUT2D eigenvalue weighted by molar-refractivity contribution is -0.126. The zero-order valence-electron chi connectivity index (χ0n) is 20.4. The monoisotopic (exact) mass is 566 g/mol. The van der Waals surface area contributed by atoms with E-state index in [0.717, 1.165) is 31.6 Å². The Morgan fingerprint density at radius 3 is 2.28 bits per heavy atom. The summed E-state index contributed by atoms with van der Waals surface area (Å²) in [7, 11) is 0. The Morgan fingerprint density at radius 2 is 1.67 bits per heavy atom. The number of halogens is 3. The van der Waals surface area contributed by atoms with Crippen molar-refractivity contribution in [2.45, 2.75) is 61.6 Å². The number of piperidine rings is 2. The average molecular weight is 567 g/mol. The van der Waals surface area contributed by atoms with Gasteiger partial charge in [-0.25, -0.2) is 19.9 Å². The molecule has 3 fully saturated rings. The number of allylic oxidation sites excluding steroid dienone is 1. The third-order valence-electron chi connectivity index (χ3n) is 8.19. The zero-order valence-corrected chi connectivity index (χ0v) is 22.0. The number of rotatable bonds is 5. The molecule has 11 heteroatoms. The summed E-state index contributed by atoms with van der Waals surface area (Å²) in [6.45, 7) is 3.39. The van der Waals surface area contributed by atoms with Gasteiger partial charge >= 0.3 is 0 Å². The number of nitrogens with one attached hydrogen (secondary N) is 3. The number of nitrogens with two attached hydrogens (primary N) is 1. The molecule has 1 aromatic carbocycles. The number of carbonyl (C=O) groups is 2. The molecule has 0 radical (unpaired) electrons. The number of anilines is 1. The van der Waals surface area contributed by atoms with Gasteiger partial charge in [0.1, 0.15) is 0 Å². The molecular formula is C25H33BrF2N6O2. The Balaban J connectivity index is 1.54. The Hall–Kier alpha value is -2.08. The van der Waals surface area contributed by atoms with Crippen molar-refractivity contribution in [2.75, 3.05) is 31.1 Å². The van der Waals surface area contributed by atoms with Gasteiger partial charge in [-0.05, 0) is 56.2 Å². The molecule has 1 aliphatic carbocycles. The van der Waals surface area contributed by atoms with Crippen LogP contribution in [0.5, 0.6) is 0 Å². The maximum atomic E-state index is 14.5. The van der Waals surface area contributed by atoms with Gasteiger partial charge in [0.15, 0.2) is 4.45 Å². The highest BCUT2D eigenvalue weighted by molar-refractivity contribution is 9.10. The van der Waals surface area contributed by atoms with Gasteiger partial charge in [-0.2, -0.15) is 0 Å². The van der Waals surface area contributed by atoms with Crippen molar-refractivity contribution in [3.8, 4) is 0 Å². The first-order chi connectivity index (χ1) is 17.0. The van der Waals surface area contributed by atoms with Crippen LogP contribution >= 0.6 is 15.9 Å². The van der Waals surface area contributed by atoms with Gasteiger partial charge < -0.3 is 10.2 Å². The number of carbonyl (C=O) groups excluding carboxylic acids is 2. The van der Waals surface area contributed by atoms with E-state index >= 15 is 0 Å². The number of likely N-dealkylation sites (tertiary alicyclic amines) is 1. The number of benzene rings is 1. The predicted molar refractivity (Wildman–Crippen MR) is 136 cm³/mol. The summed E-state index contributed by atoms with van der Waals surface area (Å²) < 4.78 is 26.7. The number of para-hydroxylation sites is 1. The zero-order chi connectivity index (χ0) is 25.8. The fraction of sp³-hybridized carbons (Fsp3) is 0.600. The van der Waals surface area contributed by atoms with E-state index in [2.05, 4.69) is 36.9 Å². The van der Waals surface area contributed by atoms with Crippen LogP contribution in [0.15, 0.2) is 36.0 Å². The predicted octanol–water partition coefficient (Wildman–Crippen LogP) is 2.81. The van der Waals surface area contributed by atoms with Gasteiger partial charge in [-0.3, -0.25) is 19.9 Å². The fourth-order valence-electron chi connectivity index (χ4n) is 5.80. The van der Waals surface area contributed by atoms with Crippen molar-refractivity contribution in [1.82, 2.24) is 21.0 Å². The summed E-state index contributed by atoms with van der Waals surface area (Å²) in [5, 5.41) is 6.35. The Bertz CT molecular complexity index is 1080. The number of alkyl halides is 3. The fourth-order valence-corrected chi connectivity index (χ4v) is 6.54. The largest absolute Gasteiger partial charge is 0.371 e. The van der Waals surface area contributed by atoms with E-state index in [-0.39, 0.29) is 31.7 Å².